The molecular formula is C28H28BrN5O5. The van der Waals surface area contributed by atoms with Crippen molar-refractivity contribution >= 4 is 50.2 Å². The van der Waals surface area contributed by atoms with E-state index in [2.05, 4.69) is 31.3 Å². The number of aromatic nitrogens is 3. The van der Waals surface area contributed by atoms with Crippen molar-refractivity contribution in [1.82, 2.24) is 19.7 Å². The first-order valence-electron chi connectivity index (χ1n) is 12.9. The number of nitrogens with one attached hydrogen (secondary N) is 1. The number of ketones is 1. The number of hydrogen-bond donors (Lipinski definition) is 1. The molecule has 1 aliphatic carbocycles. The normalized spacial score (nSPS) is 25.7. The number of pyridine rings is 1. The number of hydrogen-bond acceptors (Lipinski definition) is 7. The summed E-state index contributed by atoms with van der Waals surface area (Å²) in [7, 11) is 0. The topological polar surface area (TPSA) is 116 Å². The summed E-state index contributed by atoms with van der Waals surface area (Å²) in [6, 6.07) is 10.2. The first-order valence-corrected chi connectivity index (χ1v) is 13.7. The lowest BCUT2D eigenvalue weighted by Crippen LogP contribution is -2.47. The van der Waals surface area contributed by atoms with Crippen molar-refractivity contribution in [3.05, 3.63) is 64.4 Å². The average Bonchev–Trinajstić information content (AvgIpc) is 3.32. The second kappa shape index (κ2) is 10.3. The van der Waals surface area contributed by atoms with Crippen molar-refractivity contribution in [2.75, 3.05) is 25.1 Å². The van der Waals surface area contributed by atoms with Crippen molar-refractivity contribution in [2.45, 2.75) is 45.0 Å². The van der Waals surface area contributed by atoms with Gasteiger partial charge in [-0.1, -0.05) is 36.4 Å². The Morgan fingerprint density at radius 3 is 2.74 bits per heavy atom. The molecule has 1 spiro atoms. The summed E-state index contributed by atoms with van der Waals surface area (Å²) in [6.45, 7) is 2.95. The van der Waals surface area contributed by atoms with E-state index in [-0.39, 0.29) is 42.2 Å². The van der Waals surface area contributed by atoms with E-state index in [1.807, 2.05) is 42.5 Å². The third-order valence-electron chi connectivity index (χ3n) is 7.71. The highest BCUT2D eigenvalue weighted by Crippen LogP contribution is 2.60. The van der Waals surface area contributed by atoms with Crippen LogP contribution in [-0.2, 0) is 32.2 Å². The van der Waals surface area contributed by atoms with Gasteiger partial charge >= 0.3 is 0 Å². The number of nitrogens with zero attached hydrogens (tertiary/aromatic N) is 4. The molecule has 1 saturated heterocycles. The lowest BCUT2D eigenvalue weighted by atomic mass is 10.00. The molecule has 10 nitrogen and oxygen atoms in total. The smallest absolute Gasteiger partial charge is 0.248 e. The summed E-state index contributed by atoms with van der Waals surface area (Å²) in [6.07, 6.45) is 5.09. The van der Waals surface area contributed by atoms with Crippen LogP contribution in [0.3, 0.4) is 0 Å². The minimum absolute atomic E-state index is 0.0814. The van der Waals surface area contributed by atoms with Crippen molar-refractivity contribution < 1.29 is 23.9 Å². The maximum Gasteiger partial charge on any atom is 0.248 e. The van der Waals surface area contributed by atoms with Gasteiger partial charge in [-0.2, -0.15) is 5.10 Å². The lowest BCUT2D eigenvalue weighted by molar-refractivity contribution is -0.138. The molecule has 11 heteroatoms. The second-order valence-electron chi connectivity index (χ2n) is 10.3. The molecule has 3 aromatic rings. The molecule has 3 atom stereocenters. The van der Waals surface area contributed by atoms with Crippen molar-refractivity contribution in [3.63, 3.8) is 0 Å². The van der Waals surface area contributed by atoms with Gasteiger partial charge in [-0.25, -0.2) is 4.98 Å². The Kier molecular flexibility index (Phi) is 6.82. The zero-order chi connectivity index (χ0) is 27.1. The van der Waals surface area contributed by atoms with Gasteiger partial charge in [-0.15, -0.1) is 0 Å². The van der Waals surface area contributed by atoms with Crippen LogP contribution in [0.5, 0.6) is 0 Å². The minimum Gasteiger partial charge on any atom is -0.377 e. The van der Waals surface area contributed by atoms with Crippen LogP contribution in [0.2, 0.25) is 0 Å². The van der Waals surface area contributed by atoms with Crippen LogP contribution in [0.1, 0.15) is 35.8 Å². The number of amides is 2. The molecule has 2 amide bonds. The monoisotopic (exact) mass is 593 g/mol. The van der Waals surface area contributed by atoms with Crippen LogP contribution >= 0.6 is 15.9 Å². The van der Waals surface area contributed by atoms with Gasteiger partial charge < -0.3 is 19.7 Å². The fourth-order valence-corrected chi connectivity index (χ4v) is 6.04. The van der Waals surface area contributed by atoms with Gasteiger partial charge in [0, 0.05) is 29.3 Å². The highest BCUT2D eigenvalue weighted by molar-refractivity contribution is 9.10. The van der Waals surface area contributed by atoms with Crippen molar-refractivity contribution in [3.8, 4) is 0 Å². The minimum atomic E-state index is -0.691. The number of Topliss-reactive ketones (excluding diaryl/α,β-unsaturated/α-hetero) is 1. The summed E-state index contributed by atoms with van der Waals surface area (Å²) in [5, 5.41) is 8.12. The number of likely N-dealkylation sites (tertiary alicyclic amines) is 1. The first kappa shape index (κ1) is 25.8. The maximum absolute atomic E-state index is 13.9. The zero-order valence-electron chi connectivity index (χ0n) is 21.4. The number of para-hydroxylation sites is 1. The summed E-state index contributed by atoms with van der Waals surface area (Å²) >= 11 is 3.38. The quantitative estimate of drug-likeness (QED) is 0.281. The molecule has 2 fully saturated rings. The van der Waals surface area contributed by atoms with Gasteiger partial charge in [-0.3, -0.25) is 19.1 Å². The Morgan fingerprint density at radius 1 is 1.13 bits per heavy atom. The number of benzene rings is 1. The first-order chi connectivity index (χ1) is 18.9. The van der Waals surface area contributed by atoms with E-state index in [9.17, 15) is 14.4 Å². The van der Waals surface area contributed by atoms with Gasteiger partial charge in [0.25, 0.3) is 0 Å². The van der Waals surface area contributed by atoms with E-state index in [1.54, 1.807) is 15.6 Å². The Hall–Kier alpha value is -3.41. The molecule has 39 heavy (non-hydrogen) atoms. The van der Waals surface area contributed by atoms with E-state index in [0.717, 1.165) is 12.0 Å². The molecule has 202 valence electrons. The summed E-state index contributed by atoms with van der Waals surface area (Å²) < 4.78 is 13.8. The van der Waals surface area contributed by atoms with Crippen LogP contribution in [0.4, 0.5) is 5.82 Å². The predicted octanol–water partition coefficient (Wildman–Crippen LogP) is 3.50. The Bertz CT molecular complexity index is 1500. The SMILES string of the molecule is CC(=O)c1nn(CC(=O)N2[C@H]3C[C@@]4(COC/C=C\COCc5ccc(Br)nc5NC3=O)C[C@@H]24)c2ccccc12. The molecular weight excluding hydrogens is 566 g/mol. The van der Waals surface area contributed by atoms with Crippen LogP contribution in [0.25, 0.3) is 10.9 Å². The highest BCUT2D eigenvalue weighted by atomic mass is 79.9. The molecule has 1 saturated carbocycles. The Morgan fingerprint density at radius 2 is 1.92 bits per heavy atom. The van der Waals surface area contributed by atoms with Crippen LogP contribution in [0, 0.1) is 5.41 Å². The van der Waals surface area contributed by atoms with E-state index >= 15 is 0 Å². The van der Waals surface area contributed by atoms with Gasteiger partial charge in [0.05, 0.1) is 31.9 Å². The van der Waals surface area contributed by atoms with Gasteiger partial charge in [0.2, 0.25) is 11.8 Å². The average molecular weight is 594 g/mol. The molecule has 2 aromatic heterocycles. The molecule has 0 radical (unpaired) electrons. The second-order valence-corrected chi connectivity index (χ2v) is 11.1. The number of carbonyl (C=O) groups is 3. The maximum atomic E-state index is 13.9. The largest absolute Gasteiger partial charge is 0.377 e. The molecule has 2 bridgehead atoms. The third kappa shape index (κ3) is 4.90. The highest BCUT2D eigenvalue weighted by Gasteiger charge is 2.67. The molecule has 1 aromatic carbocycles. The summed E-state index contributed by atoms with van der Waals surface area (Å²) in [5.41, 5.74) is 1.49. The fourth-order valence-electron chi connectivity index (χ4n) is 5.73. The molecule has 1 N–H and O–H groups in total. The number of halogens is 1. The number of carbonyl (C=O) groups excluding carboxylic acids is 3. The molecule has 4 heterocycles. The van der Waals surface area contributed by atoms with Crippen LogP contribution < -0.4 is 5.32 Å². The Balaban J connectivity index is 1.31. The predicted molar refractivity (Wildman–Crippen MR) is 146 cm³/mol. The molecule has 2 aliphatic heterocycles. The van der Waals surface area contributed by atoms with E-state index in [4.69, 9.17) is 9.47 Å². The standard InChI is InChI=1S/C28H28BrN5O5/c1-17(35)25-19-6-2-3-7-20(19)33(32-25)14-24(36)34-21-12-28(13-22(28)34)16-39-11-5-4-10-38-15-18-8-9-23(29)30-26(18)31-27(21)37/h2-9,21-22H,10-16H2,1H3,(H,30,31,37)/b5-4-/t21-,22+,28-/m0/s1. The van der Waals surface area contributed by atoms with E-state index < -0.39 is 6.04 Å². The van der Waals surface area contributed by atoms with Crippen LogP contribution in [-0.4, -0.2) is 69.2 Å². The number of anilines is 1. The van der Waals surface area contributed by atoms with Crippen molar-refractivity contribution in [2.24, 2.45) is 5.41 Å². The number of fused-ring (bicyclic) bond motifs is 3. The number of rotatable bonds is 3. The third-order valence-corrected chi connectivity index (χ3v) is 8.16. The molecule has 3 aliphatic rings. The lowest BCUT2D eigenvalue weighted by Gasteiger charge is -2.27. The Labute approximate surface area is 233 Å². The van der Waals surface area contributed by atoms with Gasteiger partial charge in [0.15, 0.2) is 5.78 Å². The van der Waals surface area contributed by atoms with Crippen LogP contribution in [0.15, 0.2) is 53.2 Å². The molecule has 0 unspecified atom stereocenters. The number of piperidine rings is 1. The van der Waals surface area contributed by atoms with Gasteiger partial charge in [0.1, 0.15) is 28.7 Å². The number of ether oxygens (including phenoxy) is 2. The van der Waals surface area contributed by atoms with E-state index in [1.165, 1.54) is 6.92 Å². The summed E-state index contributed by atoms with van der Waals surface area (Å²) in [4.78, 5) is 45.9. The zero-order valence-corrected chi connectivity index (χ0v) is 23.0. The summed E-state index contributed by atoms with van der Waals surface area (Å²) in [5.74, 6) is -0.299. The van der Waals surface area contributed by atoms with E-state index in [0.29, 0.717) is 53.3 Å². The van der Waals surface area contributed by atoms with Gasteiger partial charge in [-0.05, 0) is 40.9 Å². The van der Waals surface area contributed by atoms with Crippen molar-refractivity contribution in [1.29, 1.82) is 0 Å². The molecule has 6 rings (SSSR count). The fraction of sp³-hybridized carbons (Fsp3) is 0.393.